The van der Waals surface area contributed by atoms with E-state index >= 15 is 0 Å². The molecule has 3 rings (SSSR count). The van der Waals surface area contributed by atoms with Crippen LogP contribution in [0, 0.1) is 19.8 Å². The molecule has 1 saturated heterocycles. The second-order valence-electron chi connectivity index (χ2n) is 8.06. The normalized spacial score (nSPS) is 15.8. The fourth-order valence-corrected chi connectivity index (χ4v) is 5.29. The lowest BCUT2D eigenvalue weighted by Gasteiger charge is -2.17. The van der Waals surface area contributed by atoms with E-state index in [9.17, 15) is 13.2 Å². The van der Waals surface area contributed by atoms with Gasteiger partial charge in [0, 0.05) is 30.9 Å². The monoisotopic (exact) mass is 418 g/mol. The van der Waals surface area contributed by atoms with Crippen LogP contribution in [0.1, 0.15) is 43.6 Å². The number of aryl methyl sites for hydroxylation is 1. The number of hydrogen-bond donors (Lipinski definition) is 1. The number of carbonyl (C=O) groups is 1. The average Bonchev–Trinajstić information content (AvgIpc) is 3.12. The predicted molar refractivity (Wildman–Crippen MR) is 116 cm³/mol. The Balaban J connectivity index is 1.58. The lowest BCUT2D eigenvalue weighted by Crippen LogP contribution is -2.25. The average molecular weight is 419 g/mol. The Bertz CT molecular complexity index is 978. The Morgan fingerprint density at radius 3 is 2.48 bits per heavy atom. The highest BCUT2D eigenvalue weighted by Crippen LogP contribution is 2.25. The van der Waals surface area contributed by atoms with Crippen molar-refractivity contribution in [1.29, 1.82) is 0 Å². The fourth-order valence-electron chi connectivity index (χ4n) is 3.72. The van der Waals surface area contributed by atoms with Crippen LogP contribution in [-0.4, -0.2) is 36.4 Å². The molecule has 158 valence electrons. The molecule has 0 aliphatic carbocycles. The topological polar surface area (TPSA) is 84.3 Å². The van der Waals surface area contributed by atoms with Gasteiger partial charge in [0.05, 0.1) is 17.1 Å². The van der Waals surface area contributed by atoms with Crippen LogP contribution in [0.5, 0.6) is 0 Å². The highest BCUT2D eigenvalue weighted by atomic mass is 32.2. The summed E-state index contributed by atoms with van der Waals surface area (Å²) < 4.78 is 27.5. The van der Waals surface area contributed by atoms with Gasteiger partial charge in [-0.25, -0.2) is 8.42 Å². The smallest absolute Gasteiger partial charge is 0.235 e. The molecule has 0 unspecified atom stereocenters. The first-order chi connectivity index (χ1) is 13.7. The van der Waals surface area contributed by atoms with Crippen molar-refractivity contribution < 1.29 is 13.2 Å². The molecule has 1 amide bonds. The zero-order chi connectivity index (χ0) is 21.2. The van der Waals surface area contributed by atoms with E-state index in [0.717, 1.165) is 23.5 Å². The molecule has 0 bridgehead atoms. The minimum absolute atomic E-state index is 0.0676. The Morgan fingerprint density at radius 1 is 1.21 bits per heavy atom. The van der Waals surface area contributed by atoms with E-state index < -0.39 is 10.0 Å². The van der Waals surface area contributed by atoms with Crippen LogP contribution in [0.4, 0.5) is 11.4 Å². The third-order valence-electron chi connectivity index (χ3n) is 5.21. The first-order valence-electron chi connectivity index (χ1n) is 10.1. The van der Waals surface area contributed by atoms with Gasteiger partial charge in [0.25, 0.3) is 0 Å². The third kappa shape index (κ3) is 4.98. The maximum absolute atomic E-state index is 12.4. The molecule has 0 atom stereocenters. The number of hydrogen-bond acceptors (Lipinski definition) is 4. The van der Waals surface area contributed by atoms with Crippen molar-refractivity contribution in [2.24, 2.45) is 5.92 Å². The number of nitrogens with zero attached hydrogens (tertiary/aromatic N) is 3. The van der Waals surface area contributed by atoms with Gasteiger partial charge in [0.2, 0.25) is 15.9 Å². The van der Waals surface area contributed by atoms with Gasteiger partial charge >= 0.3 is 0 Å². The van der Waals surface area contributed by atoms with Crippen LogP contribution >= 0.6 is 0 Å². The third-order valence-corrected chi connectivity index (χ3v) is 7.08. The summed E-state index contributed by atoms with van der Waals surface area (Å²) in [6.45, 7) is 9.75. The molecule has 1 aromatic carbocycles. The number of carbonyl (C=O) groups excluding carboxylic acids is 1. The summed E-state index contributed by atoms with van der Waals surface area (Å²) in [6, 6.07) is 6.97. The van der Waals surface area contributed by atoms with E-state index in [1.165, 1.54) is 4.31 Å². The molecule has 1 aromatic heterocycles. The molecule has 7 nitrogen and oxygen atoms in total. The quantitative estimate of drug-likeness (QED) is 0.748. The van der Waals surface area contributed by atoms with Gasteiger partial charge in [0.1, 0.15) is 0 Å². The first-order valence-corrected chi connectivity index (χ1v) is 11.7. The van der Waals surface area contributed by atoms with E-state index in [-0.39, 0.29) is 11.7 Å². The minimum Gasteiger partial charge on any atom is -0.326 e. The van der Waals surface area contributed by atoms with Crippen LogP contribution in [0.25, 0.3) is 0 Å². The molecule has 1 aliphatic rings. The van der Waals surface area contributed by atoms with Gasteiger partial charge in [0.15, 0.2) is 0 Å². The lowest BCUT2D eigenvalue weighted by molar-refractivity contribution is -0.116. The van der Waals surface area contributed by atoms with Gasteiger partial charge < -0.3 is 5.32 Å². The number of amides is 1. The number of aromatic nitrogens is 2. The van der Waals surface area contributed by atoms with Crippen LogP contribution in [0.2, 0.25) is 0 Å². The van der Waals surface area contributed by atoms with Gasteiger partial charge in [-0.2, -0.15) is 5.10 Å². The summed E-state index contributed by atoms with van der Waals surface area (Å²) >= 11 is 0. The molecule has 8 heteroatoms. The Morgan fingerprint density at radius 2 is 1.90 bits per heavy atom. The molecule has 1 N–H and O–H groups in total. The Kier molecular flexibility index (Phi) is 6.31. The van der Waals surface area contributed by atoms with E-state index in [4.69, 9.17) is 0 Å². The number of benzene rings is 1. The SMILES string of the molecule is Cc1nn(CC(C)C)c(C)c1CCC(=O)Nc1ccc(N2CCCS2(=O)=O)cc1. The summed E-state index contributed by atoms with van der Waals surface area (Å²) in [5.41, 5.74) is 4.55. The number of sulfonamides is 1. The molecule has 1 fully saturated rings. The van der Waals surface area contributed by atoms with E-state index in [1.54, 1.807) is 24.3 Å². The standard InChI is InChI=1S/C21H30N4O3S/c1-15(2)14-24-17(4)20(16(3)23-24)10-11-21(26)22-18-6-8-19(9-7-18)25-12-5-13-29(25,27)28/h6-9,15H,5,10-14H2,1-4H3,(H,22,26). The minimum atomic E-state index is -3.19. The van der Waals surface area contributed by atoms with E-state index in [2.05, 4.69) is 31.2 Å². The molecule has 2 aromatic rings. The van der Waals surface area contributed by atoms with Crippen molar-refractivity contribution in [3.05, 3.63) is 41.2 Å². The van der Waals surface area contributed by atoms with Crippen LogP contribution in [0.15, 0.2) is 24.3 Å². The maximum Gasteiger partial charge on any atom is 0.235 e. The number of anilines is 2. The van der Waals surface area contributed by atoms with Crippen molar-refractivity contribution in [3.8, 4) is 0 Å². The first kappa shape index (κ1) is 21.4. The van der Waals surface area contributed by atoms with E-state index in [1.807, 2.05) is 11.6 Å². The second kappa shape index (κ2) is 8.57. The zero-order valence-electron chi connectivity index (χ0n) is 17.6. The van der Waals surface area contributed by atoms with Crippen LogP contribution < -0.4 is 9.62 Å². The maximum atomic E-state index is 12.4. The van der Waals surface area contributed by atoms with Crippen molar-refractivity contribution in [2.75, 3.05) is 21.9 Å². The molecule has 0 spiro atoms. The van der Waals surface area contributed by atoms with Crippen LogP contribution in [-0.2, 0) is 27.8 Å². The summed E-state index contributed by atoms with van der Waals surface area (Å²) in [6.07, 6.45) is 1.66. The molecule has 0 radical (unpaired) electrons. The van der Waals surface area contributed by atoms with Gasteiger partial charge in [-0.15, -0.1) is 0 Å². The molecular formula is C21H30N4O3S. The molecule has 1 aliphatic heterocycles. The Hall–Kier alpha value is -2.35. The van der Waals surface area contributed by atoms with Crippen molar-refractivity contribution in [3.63, 3.8) is 0 Å². The summed E-state index contributed by atoms with van der Waals surface area (Å²) in [5.74, 6) is 0.641. The summed E-state index contributed by atoms with van der Waals surface area (Å²) in [5, 5.41) is 7.50. The Labute approximate surface area is 173 Å². The van der Waals surface area contributed by atoms with Gasteiger partial charge in [-0.1, -0.05) is 13.8 Å². The van der Waals surface area contributed by atoms with Crippen molar-refractivity contribution >= 4 is 27.3 Å². The van der Waals surface area contributed by atoms with Gasteiger partial charge in [-0.3, -0.25) is 13.8 Å². The number of rotatable bonds is 7. The molecule has 2 heterocycles. The predicted octanol–water partition coefficient (Wildman–Crippen LogP) is 3.27. The zero-order valence-corrected chi connectivity index (χ0v) is 18.4. The van der Waals surface area contributed by atoms with Gasteiger partial charge in [-0.05, 0) is 62.4 Å². The van der Waals surface area contributed by atoms with Crippen molar-refractivity contribution in [2.45, 2.75) is 53.5 Å². The molecular weight excluding hydrogens is 388 g/mol. The molecule has 29 heavy (non-hydrogen) atoms. The van der Waals surface area contributed by atoms with Crippen molar-refractivity contribution in [1.82, 2.24) is 9.78 Å². The van der Waals surface area contributed by atoms with E-state index in [0.29, 0.717) is 43.1 Å². The summed E-state index contributed by atoms with van der Waals surface area (Å²) in [7, 11) is -3.19. The summed E-state index contributed by atoms with van der Waals surface area (Å²) in [4.78, 5) is 12.4. The lowest BCUT2D eigenvalue weighted by atomic mass is 10.1. The fraction of sp³-hybridized carbons (Fsp3) is 0.524. The second-order valence-corrected chi connectivity index (χ2v) is 10.1. The largest absolute Gasteiger partial charge is 0.326 e. The highest BCUT2D eigenvalue weighted by molar-refractivity contribution is 7.93. The highest BCUT2D eigenvalue weighted by Gasteiger charge is 2.28. The molecule has 0 saturated carbocycles. The van der Waals surface area contributed by atoms with Crippen LogP contribution in [0.3, 0.4) is 0 Å². The number of nitrogens with one attached hydrogen (secondary N) is 1.